The van der Waals surface area contributed by atoms with Crippen LogP contribution in [0, 0.1) is 11.7 Å². The van der Waals surface area contributed by atoms with Gasteiger partial charge in [-0.1, -0.05) is 30.7 Å². The molecule has 0 aromatic heterocycles. The Labute approximate surface area is 164 Å². The van der Waals surface area contributed by atoms with Crippen LogP contribution in [0.4, 0.5) is 20.6 Å². The highest BCUT2D eigenvalue weighted by Crippen LogP contribution is 2.32. The van der Waals surface area contributed by atoms with Crippen LogP contribution in [-0.4, -0.2) is 29.9 Å². The Hall–Kier alpha value is -2.89. The van der Waals surface area contributed by atoms with Crippen molar-refractivity contribution in [3.05, 3.63) is 59.9 Å². The van der Waals surface area contributed by atoms with Crippen LogP contribution in [0.25, 0.3) is 0 Å². The number of anilines is 2. The van der Waals surface area contributed by atoms with Gasteiger partial charge in [0.05, 0.1) is 11.4 Å². The summed E-state index contributed by atoms with van der Waals surface area (Å²) in [5.41, 5.74) is 2.29. The molecule has 2 aromatic carbocycles. The molecule has 1 heterocycles. The van der Waals surface area contributed by atoms with Crippen molar-refractivity contribution < 1.29 is 14.0 Å². The van der Waals surface area contributed by atoms with Gasteiger partial charge >= 0.3 is 6.03 Å². The van der Waals surface area contributed by atoms with E-state index in [0.717, 1.165) is 36.9 Å². The van der Waals surface area contributed by atoms with E-state index in [0.29, 0.717) is 25.3 Å². The van der Waals surface area contributed by atoms with Crippen molar-refractivity contribution in [2.75, 3.05) is 23.3 Å². The van der Waals surface area contributed by atoms with Crippen molar-refractivity contribution >= 4 is 23.3 Å². The molecule has 6 heteroatoms. The number of halogens is 1. The Morgan fingerprint density at radius 2 is 1.79 bits per heavy atom. The maximum absolute atomic E-state index is 13.1. The third kappa shape index (κ3) is 3.86. The van der Waals surface area contributed by atoms with E-state index in [4.69, 9.17) is 0 Å². The monoisotopic (exact) mass is 381 g/mol. The molecule has 1 aliphatic heterocycles. The van der Waals surface area contributed by atoms with Gasteiger partial charge in [-0.25, -0.2) is 9.18 Å². The molecule has 0 radical (unpaired) electrons. The molecule has 2 aliphatic rings. The van der Waals surface area contributed by atoms with Crippen molar-refractivity contribution in [3.63, 3.8) is 0 Å². The van der Waals surface area contributed by atoms with Crippen molar-refractivity contribution in [2.24, 2.45) is 5.92 Å². The van der Waals surface area contributed by atoms with E-state index in [1.165, 1.54) is 12.1 Å². The lowest BCUT2D eigenvalue weighted by Gasteiger charge is -2.36. The normalized spacial score (nSPS) is 17.4. The van der Waals surface area contributed by atoms with Crippen LogP contribution in [0.15, 0.2) is 48.5 Å². The first-order chi connectivity index (χ1) is 13.6. The molecule has 0 bridgehead atoms. The zero-order valence-corrected chi connectivity index (χ0v) is 15.7. The number of carbonyl (C=O) groups is 2. The van der Waals surface area contributed by atoms with Gasteiger partial charge in [-0.05, 0) is 49.1 Å². The minimum atomic E-state index is -0.286. The van der Waals surface area contributed by atoms with Crippen LogP contribution in [0.5, 0.6) is 0 Å². The summed E-state index contributed by atoms with van der Waals surface area (Å²) in [5, 5.41) is 3.01. The number of hydrogen-bond acceptors (Lipinski definition) is 2. The fraction of sp³-hybridized carbons (Fsp3) is 0.364. The second kappa shape index (κ2) is 8.00. The van der Waals surface area contributed by atoms with E-state index >= 15 is 0 Å². The van der Waals surface area contributed by atoms with Crippen LogP contribution < -0.4 is 10.2 Å². The van der Waals surface area contributed by atoms with E-state index in [9.17, 15) is 14.0 Å². The molecule has 28 heavy (non-hydrogen) atoms. The standard InChI is InChI=1S/C22H24FN3O2/c23-18-11-9-16(10-12-18)15-25-13-4-14-26(22(25)28)20-8-2-1-7-19(20)24-21(27)17-5-3-6-17/h1-2,7-12,17H,3-6,13-15H2,(H,24,27). The Morgan fingerprint density at radius 1 is 1.04 bits per heavy atom. The summed E-state index contributed by atoms with van der Waals surface area (Å²) < 4.78 is 13.1. The average Bonchev–Trinajstić information content (AvgIpc) is 2.64. The van der Waals surface area contributed by atoms with Crippen molar-refractivity contribution in [1.29, 1.82) is 0 Å². The number of carbonyl (C=O) groups excluding carboxylic acids is 2. The number of urea groups is 1. The SMILES string of the molecule is O=C(Nc1ccccc1N1CCCN(Cc2ccc(F)cc2)C1=O)C1CCC1. The lowest BCUT2D eigenvalue weighted by atomic mass is 9.85. The van der Waals surface area contributed by atoms with E-state index < -0.39 is 0 Å². The summed E-state index contributed by atoms with van der Waals surface area (Å²) in [6.45, 7) is 1.70. The van der Waals surface area contributed by atoms with Gasteiger partial charge in [-0.15, -0.1) is 0 Å². The molecule has 3 amide bonds. The van der Waals surface area contributed by atoms with Crippen molar-refractivity contribution in [1.82, 2.24) is 4.90 Å². The Balaban J connectivity index is 1.51. The summed E-state index contributed by atoms with van der Waals surface area (Å²) in [7, 11) is 0. The number of amides is 3. The lowest BCUT2D eigenvalue weighted by molar-refractivity contribution is -0.122. The van der Waals surface area contributed by atoms with Crippen LogP contribution >= 0.6 is 0 Å². The van der Waals surface area contributed by atoms with Crippen LogP contribution in [-0.2, 0) is 11.3 Å². The molecule has 0 spiro atoms. The summed E-state index contributed by atoms with van der Waals surface area (Å²) >= 11 is 0. The summed E-state index contributed by atoms with van der Waals surface area (Å²) in [6, 6.07) is 13.6. The number of benzene rings is 2. The number of rotatable bonds is 5. The van der Waals surface area contributed by atoms with Crippen LogP contribution in [0.1, 0.15) is 31.2 Å². The van der Waals surface area contributed by atoms with E-state index in [2.05, 4.69) is 5.32 Å². The van der Waals surface area contributed by atoms with Gasteiger partial charge in [0.25, 0.3) is 0 Å². The molecule has 2 fully saturated rings. The second-order valence-corrected chi connectivity index (χ2v) is 7.47. The summed E-state index contributed by atoms with van der Waals surface area (Å²) in [4.78, 5) is 29.0. The zero-order valence-electron chi connectivity index (χ0n) is 15.7. The fourth-order valence-electron chi connectivity index (χ4n) is 3.68. The van der Waals surface area contributed by atoms with E-state index in [1.807, 2.05) is 24.3 Å². The Bertz CT molecular complexity index is 864. The molecule has 1 aliphatic carbocycles. The van der Waals surface area contributed by atoms with Gasteiger partial charge in [0.1, 0.15) is 5.82 Å². The van der Waals surface area contributed by atoms with E-state index in [1.54, 1.807) is 21.9 Å². The highest BCUT2D eigenvalue weighted by Gasteiger charge is 2.30. The molecule has 5 nitrogen and oxygen atoms in total. The largest absolute Gasteiger partial charge is 0.324 e. The maximum Gasteiger partial charge on any atom is 0.324 e. The third-order valence-corrected chi connectivity index (χ3v) is 5.53. The first-order valence-corrected chi connectivity index (χ1v) is 9.82. The van der Waals surface area contributed by atoms with Gasteiger partial charge in [0, 0.05) is 25.6 Å². The Morgan fingerprint density at radius 3 is 2.50 bits per heavy atom. The minimum Gasteiger partial charge on any atom is -0.324 e. The van der Waals surface area contributed by atoms with E-state index in [-0.39, 0.29) is 23.7 Å². The predicted octanol–water partition coefficient (Wildman–Crippen LogP) is 4.40. The number of nitrogens with one attached hydrogen (secondary N) is 1. The lowest BCUT2D eigenvalue weighted by Crippen LogP contribution is -2.49. The number of nitrogens with zero attached hydrogens (tertiary/aromatic N) is 2. The molecule has 1 saturated carbocycles. The van der Waals surface area contributed by atoms with Crippen LogP contribution in [0.3, 0.4) is 0 Å². The highest BCUT2D eigenvalue weighted by molar-refractivity contribution is 6.01. The molecular formula is C22H24FN3O2. The quantitative estimate of drug-likeness (QED) is 0.835. The molecule has 2 aromatic rings. The van der Waals surface area contributed by atoms with Gasteiger partial charge in [-0.2, -0.15) is 0 Å². The molecule has 1 N–H and O–H groups in total. The van der Waals surface area contributed by atoms with Gasteiger partial charge in [0.15, 0.2) is 0 Å². The highest BCUT2D eigenvalue weighted by atomic mass is 19.1. The molecular weight excluding hydrogens is 357 g/mol. The number of para-hydroxylation sites is 2. The van der Waals surface area contributed by atoms with Crippen molar-refractivity contribution in [3.8, 4) is 0 Å². The smallest absolute Gasteiger partial charge is 0.324 e. The molecule has 0 unspecified atom stereocenters. The van der Waals surface area contributed by atoms with Gasteiger partial charge in [0.2, 0.25) is 5.91 Å². The van der Waals surface area contributed by atoms with Crippen LogP contribution in [0.2, 0.25) is 0 Å². The predicted molar refractivity (Wildman–Crippen MR) is 107 cm³/mol. The zero-order chi connectivity index (χ0) is 19.5. The first-order valence-electron chi connectivity index (χ1n) is 9.82. The second-order valence-electron chi connectivity index (χ2n) is 7.47. The fourth-order valence-corrected chi connectivity index (χ4v) is 3.68. The molecule has 146 valence electrons. The molecule has 1 saturated heterocycles. The summed E-state index contributed by atoms with van der Waals surface area (Å²) in [5.74, 6) is -0.169. The van der Waals surface area contributed by atoms with Crippen molar-refractivity contribution in [2.45, 2.75) is 32.2 Å². The summed E-state index contributed by atoms with van der Waals surface area (Å²) in [6.07, 6.45) is 3.80. The third-order valence-electron chi connectivity index (χ3n) is 5.53. The minimum absolute atomic E-state index is 0.0336. The van der Waals surface area contributed by atoms with Gasteiger partial charge < -0.3 is 10.2 Å². The topological polar surface area (TPSA) is 52.7 Å². The maximum atomic E-state index is 13.1. The first kappa shape index (κ1) is 18.5. The average molecular weight is 381 g/mol. The molecule has 4 rings (SSSR count). The number of hydrogen-bond donors (Lipinski definition) is 1. The molecule has 0 atom stereocenters. The van der Waals surface area contributed by atoms with Gasteiger partial charge in [-0.3, -0.25) is 9.69 Å². The Kier molecular flexibility index (Phi) is 5.28.